The fourth-order valence-electron chi connectivity index (χ4n) is 1.14. The predicted octanol–water partition coefficient (Wildman–Crippen LogP) is 0.970. The van der Waals surface area contributed by atoms with Crippen molar-refractivity contribution in [3.63, 3.8) is 0 Å². The molecule has 2 aromatic rings. The van der Waals surface area contributed by atoms with Crippen LogP contribution in [0.15, 0.2) is 12.3 Å². The van der Waals surface area contributed by atoms with Gasteiger partial charge in [-0.1, -0.05) is 0 Å². The number of thiol groups is 1. The highest BCUT2D eigenvalue weighted by Crippen LogP contribution is 2.15. The highest BCUT2D eigenvalue weighted by molar-refractivity contribution is 7.79. The van der Waals surface area contributed by atoms with E-state index in [0.29, 0.717) is 11.7 Å². The van der Waals surface area contributed by atoms with Gasteiger partial charge in [0.25, 0.3) is 0 Å². The number of rotatable bonds is 1. The van der Waals surface area contributed by atoms with Gasteiger partial charge in [0.2, 0.25) is 5.95 Å². The van der Waals surface area contributed by atoms with Crippen LogP contribution in [0.5, 0.6) is 0 Å². The molecule has 3 N–H and O–H groups in total. The molecule has 0 spiro atoms. The van der Waals surface area contributed by atoms with E-state index >= 15 is 0 Å². The number of fused-ring (bicyclic) bond motifs is 1. The minimum absolute atomic E-state index is 0.297. The first-order valence-electron chi connectivity index (χ1n) is 3.51. The highest BCUT2D eigenvalue weighted by Gasteiger charge is 2.04. The summed E-state index contributed by atoms with van der Waals surface area (Å²) in [5.41, 5.74) is 8.08. The van der Waals surface area contributed by atoms with Crippen molar-refractivity contribution in [2.45, 2.75) is 5.75 Å². The lowest BCUT2D eigenvalue weighted by atomic mass is 10.3. The Labute approximate surface area is 74.6 Å². The minimum Gasteiger partial charge on any atom is -0.368 e. The summed E-state index contributed by atoms with van der Waals surface area (Å²) in [5, 5.41) is 0. The van der Waals surface area contributed by atoms with Gasteiger partial charge in [0, 0.05) is 11.9 Å². The summed E-state index contributed by atoms with van der Waals surface area (Å²) in [7, 11) is 0. The summed E-state index contributed by atoms with van der Waals surface area (Å²) in [6.07, 6.45) is 1.81. The first-order chi connectivity index (χ1) is 5.81. The van der Waals surface area contributed by atoms with Crippen molar-refractivity contribution < 1.29 is 0 Å². The Kier molecular flexibility index (Phi) is 1.65. The van der Waals surface area contributed by atoms with E-state index in [0.717, 1.165) is 16.7 Å². The lowest BCUT2D eigenvalue weighted by molar-refractivity contribution is 1.14. The average Bonchev–Trinajstić information content (AvgIpc) is 2.50. The molecule has 2 rings (SSSR count). The van der Waals surface area contributed by atoms with E-state index in [9.17, 15) is 0 Å². The Morgan fingerprint density at radius 3 is 3.08 bits per heavy atom. The molecule has 4 nitrogen and oxygen atoms in total. The quantitative estimate of drug-likeness (QED) is 0.573. The molecule has 0 aliphatic heterocycles. The standard InChI is InChI=1S/C7H8N4S/c8-7-10-4-1-2-9-6(4)5(3-12)11-7/h1-2,9,12H,3H2,(H2,8,10,11). The number of hydrogen-bond acceptors (Lipinski definition) is 4. The topological polar surface area (TPSA) is 67.6 Å². The Hall–Kier alpha value is -1.23. The van der Waals surface area contributed by atoms with Crippen LogP contribution in [-0.4, -0.2) is 15.0 Å². The van der Waals surface area contributed by atoms with Crippen molar-refractivity contribution in [2.24, 2.45) is 0 Å². The van der Waals surface area contributed by atoms with Crippen molar-refractivity contribution in [1.29, 1.82) is 0 Å². The van der Waals surface area contributed by atoms with Gasteiger partial charge in [0.15, 0.2) is 0 Å². The smallest absolute Gasteiger partial charge is 0.220 e. The van der Waals surface area contributed by atoms with Gasteiger partial charge in [-0.2, -0.15) is 12.6 Å². The van der Waals surface area contributed by atoms with Crippen LogP contribution in [0.4, 0.5) is 5.95 Å². The van der Waals surface area contributed by atoms with Gasteiger partial charge >= 0.3 is 0 Å². The normalized spacial score (nSPS) is 10.8. The summed E-state index contributed by atoms with van der Waals surface area (Å²) in [6.45, 7) is 0. The molecule has 0 radical (unpaired) electrons. The molecule has 62 valence electrons. The molecule has 5 heteroatoms. The lowest BCUT2D eigenvalue weighted by Gasteiger charge is -1.98. The van der Waals surface area contributed by atoms with Crippen LogP contribution < -0.4 is 5.73 Å². The van der Waals surface area contributed by atoms with E-state index in [1.54, 1.807) is 0 Å². The Morgan fingerprint density at radius 1 is 1.50 bits per heavy atom. The molecule has 2 heterocycles. The fraction of sp³-hybridized carbons (Fsp3) is 0.143. The summed E-state index contributed by atoms with van der Waals surface area (Å²) < 4.78 is 0. The molecule has 0 aromatic carbocycles. The van der Waals surface area contributed by atoms with Crippen molar-refractivity contribution in [1.82, 2.24) is 15.0 Å². The summed E-state index contributed by atoms with van der Waals surface area (Å²) in [6, 6.07) is 1.86. The van der Waals surface area contributed by atoms with Gasteiger partial charge in [-0.15, -0.1) is 0 Å². The van der Waals surface area contributed by atoms with E-state index in [4.69, 9.17) is 5.73 Å². The first-order valence-corrected chi connectivity index (χ1v) is 4.15. The number of H-pyrrole nitrogens is 1. The predicted molar refractivity (Wildman–Crippen MR) is 51.0 cm³/mol. The van der Waals surface area contributed by atoms with E-state index in [2.05, 4.69) is 27.6 Å². The van der Waals surface area contributed by atoms with Crippen LogP contribution in [0.25, 0.3) is 11.0 Å². The third-order valence-electron chi connectivity index (χ3n) is 1.65. The van der Waals surface area contributed by atoms with Crippen molar-refractivity contribution in [3.8, 4) is 0 Å². The molecular weight excluding hydrogens is 172 g/mol. The molecule has 12 heavy (non-hydrogen) atoms. The van der Waals surface area contributed by atoms with Gasteiger partial charge < -0.3 is 10.7 Å². The van der Waals surface area contributed by atoms with Crippen molar-refractivity contribution in [3.05, 3.63) is 18.0 Å². The van der Waals surface area contributed by atoms with Gasteiger partial charge in [-0.05, 0) is 6.07 Å². The number of aromatic amines is 1. The van der Waals surface area contributed by atoms with E-state index in [-0.39, 0.29) is 0 Å². The number of anilines is 1. The van der Waals surface area contributed by atoms with E-state index in [1.807, 2.05) is 12.3 Å². The summed E-state index contributed by atoms with van der Waals surface area (Å²) >= 11 is 4.14. The molecule has 0 bridgehead atoms. The molecule has 0 unspecified atom stereocenters. The maximum absolute atomic E-state index is 5.49. The molecule has 0 saturated heterocycles. The molecule has 0 aliphatic rings. The fourth-order valence-corrected chi connectivity index (χ4v) is 1.37. The van der Waals surface area contributed by atoms with Gasteiger partial charge in [0.05, 0.1) is 16.7 Å². The SMILES string of the molecule is Nc1nc(CS)c2[nH]ccc2n1. The molecule has 2 aromatic heterocycles. The maximum atomic E-state index is 5.49. The van der Waals surface area contributed by atoms with Crippen LogP contribution >= 0.6 is 12.6 Å². The van der Waals surface area contributed by atoms with Crippen LogP contribution in [0.2, 0.25) is 0 Å². The zero-order valence-corrected chi connectivity index (χ0v) is 7.18. The van der Waals surface area contributed by atoms with Crippen LogP contribution in [0.3, 0.4) is 0 Å². The number of nitrogen functional groups attached to an aromatic ring is 1. The van der Waals surface area contributed by atoms with Crippen LogP contribution in [0.1, 0.15) is 5.69 Å². The second-order valence-corrected chi connectivity index (χ2v) is 2.74. The molecule has 0 aliphatic carbocycles. The Balaban J connectivity index is 2.80. The molecule has 0 fully saturated rings. The van der Waals surface area contributed by atoms with E-state index in [1.165, 1.54) is 0 Å². The summed E-state index contributed by atoms with van der Waals surface area (Å²) in [4.78, 5) is 11.1. The third kappa shape index (κ3) is 1.02. The lowest BCUT2D eigenvalue weighted by Crippen LogP contribution is -1.98. The number of hydrogen-bond donors (Lipinski definition) is 3. The molecule has 0 saturated carbocycles. The number of aromatic nitrogens is 3. The van der Waals surface area contributed by atoms with E-state index < -0.39 is 0 Å². The Morgan fingerprint density at radius 2 is 2.33 bits per heavy atom. The van der Waals surface area contributed by atoms with Gasteiger partial charge in [-0.3, -0.25) is 0 Å². The molecule has 0 amide bonds. The summed E-state index contributed by atoms with van der Waals surface area (Å²) in [5.74, 6) is 0.857. The van der Waals surface area contributed by atoms with Crippen LogP contribution in [-0.2, 0) is 5.75 Å². The van der Waals surface area contributed by atoms with Gasteiger partial charge in [0.1, 0.15) is 0 Å². The van der Waals surface area contributed by atoms with Crippen molar-refractivity contribution in [2.75, 3.05) is 5.73 Å². The largest absolute Gasteiger partial charge is 0.368 e. The monoisotopic (exact) mass is 180 g/mol. The van der Waals surface area contributed by atoms with Crippen molar-refractivity contribution >= 4 is 29.6 Å². The second-order valence-electron chi connectivity index (χ2n) is 2.42. The van der Waals surface area contributed by atoms with Crippen LogP contribution in [0, 0.1) is 0 Å². The average molecular weight is 180 g/mol. The zero-order valence-electron chi connectivity index (χ0n) is 6.28. The zero-order chi connectivity index (χ0) is 8.55. The maximum Gasteiger partial charge on any atom is 0.220 e. The minimum atomic E-state index is 0.297. The first kappa shape index (κ1) is 7.42. The Bertz CT molecular complexity index is 409. The molecule has 0 atom stereocenters. The number of nitrogens with zero attached hydrogens (tertiary/aromatic N) is 2. The number of nitrogens with two attached hydrogens (primary N) is 1. The third-order valence-corrected chi connectivity index (χ3v) is 1.95. The highest BCUT2D eigenvalue weighted by atomic mass is 32.1. The van der Waals surface area contributed by atoms with Gasteiger partial charge in [-0.25, -0.2) is 9.97 Å². The molecular formula is C7H8N4S. The second kappa shape index (κ2) is 2.67. The number of nitrogens with one attached hydrogen (secondary N) is 1.